The Balaban J connectivity index is 1.73. The molecule has 1 fully saturated rings. The van der Waals surface area contributed by atoms with Crippen LogP contribution in [0.4, 0.5) is 13.2 Å². The first-order valence-electron chi connectivity index (χ1n) is 8.69. The van der Waals surface area contributed by atoms with Crippen molar-refractivity contribution < 1.29 is 28.1 Å². The van der Waals surface area contributed by atoms with Gasteiger partial charge in [0.1, 0.15) is 5.75 Å². The zero-order valence-electron chi connectivity index (χ0n) is 14.8. The SMILES string of the molecule is COc1ccc(CN[C@H]2[C@H](O)[C@H](O)C[C@@H]2c2ccc(C(F)(F)F)cc2)cc1. The number of ether oxygens (including phenoxy) is 1. The fourth-order valence-corrected chi connectivity index (χ4v) is 3.53. The van der Waals surface area contributed by atoms with Crippen molar-refractivity contribution in [2.24, 2.45) is 0 Å². The van der Waals surface area contributed by atoms with Crippen molar-refractivity contribution in [3.05, 3.63) is 65.2 Å². The topological polar surface area (TPSA) is 61.7 Å². The molecule has 2 aromatic carbocycles. The van der Waals surface area contributed by atoms with Gasteiger partial charge in [0.2, 0.25) is 0 Å². The second-order valence-electron chi connectivity index (χ2n) is 6.77. The third-order valence-corrected chi connectivity index (χ3v) is 5.06. The van der Waals surface area contributed by atoms with Crippen LogP contribution in [0.2, 0.25) is 0 Å². The molecule has 4 nitrogen and oxygen atoms in total. The molecular weight excluding hydrogens is 359 g/mol. The molecule has 0 aromatic heterocycles. The predicted molar refractivity (Wildman–Crippen MR) is 94.4 cm³/mol. The van der Waals surface area contributed by atoms with E-state index in [-0.39, 0.29) is 12.3 Å². The summed E-state index contributed by atoms with van der Waals surface area (Å²) in [6, 6.07) is 11.9. The highest BCUT2D eigenvalue weighted by atomic mass is 19.4. The summed E-state index contributed by atoms with van der Waals surface area (Å²) in [5.74, 6) is 0.452. The molecular formula is C20H22F3NO3. The lowest BCUT2D eigenvalue weighted by atomic mass is 9.92. The Kier molecular flexibility index (Phi) is 5.74. The van der Waals surface area contributed by atoms with E-state index in [2.05, 4.69) is 5.32 Å². The summed E-state index contributed by atoms with van der Waals surface area (Å²) >= 11 is 0. The average Bonchev–Trinajstić information content (AvgIpc) is 2.94. The quantitative estimate of drug-likeness (QED) is 0.745. The third-order valence-electron chi connectivity index (χ3n) is 5.06. The molecule has 0 unspecified atom stereocenters. The van der Waals surface area contributed by atoms with Gasteiger partial charge in [-0.15, -0.1) is 0 Å². The number of methoxy groups -OCH3 is 1. The minimum absolute atomic E-state index is 0.282. The molecule has 146 valence electrons. The molecule has 1 saturated carbocycles. The van der Waals surface area contributed by atoms with Crippen LogP contribution in [-0.4, -0.2) is 35.6 Å². The van der Waals surface area contributed by atoms with Crippen LogP contribution in [0.15, 0.2) is 48.5 Å². The summed E-state index contributed by atoms with van der Waals surface area (Å²) in [5, 5.41) is 23.6. The fourth-order valence-electron chi connectivity index (χ4n) is 3.53. The maximum atomic E-state index is 12.8. The van der Waals surface area contributed by atoms with Crippen molar-refractivity contribution >= 4 is 0 Å². The molecule has 0 radical (unpaired) electrons. The molecule has 1 aliphatic carbocycles. The van der Waals surface area contributed by atoms with E-state index in [0.717, 1.165) is 23.4 Å². The number of aliphatic hydroxyl groups is 2. The minimum atomic E-state index is -4.39. The zero-order valence-corrected chi connectivity index (χ0v) is 14.8. The van der Waals surface area contributed by atoms with E-state index in [9.17, 15) is 23.4 Å². The number of benzene rings is 2. The Bertz CT molecular complexity index is 747. The molecule has 0 saturated heterocycles. The summed E-state index contributed by atoms with van der Waals surface area (Å²) in [6.07, 6.45) is -6.02. The summed E-state index contributed by atoms with van der Waals surface area (Å²) in [5.41, 5.74) is 0.912. The molecule has 4 atom stereocenters. The van der Waals surface area contributed by atoms with E-state index in [0.29, 0.717) is 12.1 Å². The Labute approximate surface area is 155 Å². The fraction of sp³-hybridized carbons (Fsp3) is 0.400. The second-order valence-corrected chi connectivity index (χ2v) is 6.77. The van der Waals surface area contributed by atoms with Gasteiger partial charge in [0.25, 0.3) is 0 Å². The monoisotopic (exact) mass is 381 g/mol. The number of hydrogen-bond donors (Lipinski definition) is 3. The van der Waals surface area contributed by atoms with Crippen molar-refractivity contribution in [3.63, 3.8) is 0 Å². The Morgan fingerprint density at radius 3 is 2.22 bits per heavy atom. The van der Waals surface area contributed by atoms with Gasteiger partial charge < -0.3 is 20.3 Å². The number of rotatable bonds is 5. The average molecular weight is 381 g/mol. The van der Waals surface area contributed by atoms with E-state index in [1.807, 2.05) is 24.3 Å². The van der Waals surface area contributed by atoms with Gasteiger partial charge in [0, 0.05) is 18.5 Å². The van der Waals surface area contributed by atoms with Crippen LogP contribution >= 0.6 is 0 Å². The standard InChI is InChI=1S/C20H22F3NO3/c1-27-15-8-2-12(3-9-15)11-24-18-16(10-17(25)19(18)26)13-4-6-14(7-5-13)20(21,22)23/h2-9,16-19,24-26H,10-11H2,1H3/t16-,17-,18-,19-/m1/s1. The Morgan fingerprint density at radius 2 is 1.67 bits per heavy atom. The Morgan fingerprint density at radius 1 is 1.04 bits per heavy atom. The van der Waals surface area contributed by atoms with Gasteiger partial charge in [-0.1, -0.05) is 24.3 Å². The summed E-state index contributed by atoms with van der Waals surface area (Å²) < 4.78 is 43.4. The first kappa shape index (κ1) is 19.7. The lowest BCUT2D eigenvalue weighted by molar-refractivity contribution is -0.137. The van der Waals surface area contributed by atoms with Gasteiger partial charge in [-0.05, 0) is 41.8 Å². The van der Waals surface area contributed by atoms with Crippen molar-refractivity contribution in [1.82, 2.24) is 5.32 Å². The largest absolute Gasteiger partial charge is 0.497 e. The highest BCUT2D eigenvalue weighted by Gasteiger charge is 2.42. The highest BCUT2D eigenvalue weighted by molar-refractivity contribution is 5.31. The van der Waals surface area contributed by atoms with Crippen LogP contribution < -0.4 is 10.1 Å². The molecule has 3 rings (SSSR count). The first-order chi connectivity index (χ1) is 12.8. The van der Waals surface area contributed by atoms with Crippen molar-refractivity contribution in [2.75, 3.05) is 7.11 Å². The molecule has 2 aromatic rings. The van der Waals surface area contributed by atoms with Gasteiger partial charge in [-0.25, -0.2) is 0 Å². The number of aliphatic hydroxyl groups excluding tert-OH is 2. The van der Waals surface area contributed by atoms with Crippen molar-refractivity contribution in [3.8, 4) is 5.75 Å². The number of halogens is 3. The van der Waals surface area contributed by atoms with Crippen LogP contribution in [0, 0.1) is 0 Å². The van der Waals surface area contributed by atoms with E-state index in [1.165, 1.54) is 12.1 Å². The lowest BCUT2D eigenvalue weighted by Crippen LogP contribution is -2.41. The van der Waals surface area contributed by atoms with E-state index >= 15 is 0 Å². The number of alkyl halides is 3. The van der Waals surface area contributed by atoms with Gasteiger partial charge >= 0.3 is 6.18 Å². The first-order valence-corrected chi connectivity index (χ1v) is 8.69. The molecule has 27 heavy (non-hydrogen) atoms. The van der Waals surface area contributed by atoms with Crippen LogP contribution in [0.25, 0.3) is 0 Å². The normalized spacial score (nSPS) is 25.6. The maximum absolute atomic E-state index is 12.8. The van der Waals surface area contributed by atoms with Crippen LogP contribution in [0.1, 0.15) is 29.0 Å². The van der Waals surface area contributed by atoms with Gasteiger partial charge in [0.05, 0.1) is 24.9 Å². The zero-order chi connectivity index (χ0) is 19.6. The molecule has 7 heteroatoms. The molecule has 3 N–H and O–H groups in total. The third kappa shape index (κ3) is 4.43. The smallest absolute Gasteiger partial charge is 0.416 e. The van der Waals surface area contributed by atoms with Crippen LogP contribution in [0.3, 0.4) is 0 Å². The second kappa shape index (κ2) is 7.88. The van der Waals surface area contributed by atoms with Gasteiger partial charge in [0.15, 0.2) is 0 Å². The van der Waals surface area contributed by atoms with Crippen molar-refractivity contribution in [2.45, 2.75) is 43.3 Å². The molecule has 0 spiro atoms. The molecule has 0 bridgehead atoms. The summed E-state index contributed by atoms with van der Waals surface area (Å²) in [6.45, 7) is 0.454. The molecule has 0 aliphatic heterocycles. The number of hydrogen-bond acceptors (Lipinski definition) is 4. The van der Waals surface area contributed by atoms with Crippen LogP contribution in [-0.2, 0) is 12.7 Å². The van der Waals surface area contributed by atoms with E-state index in [1.54, 1.807) is 7.11 Å². The summed E-state index contributed by atoms with van der Waals surface area (Å²) in [7, 11) is 1.58. The number of nitrogens with one attached hydrogen (secondary N) is 1. The van der Waals surface area contributed by atoms with Gasteiger partial charge in [-0.3, -0.25) is 0 Å². The predicted octanol–water partition coefficient (Wildman–Crippen LogP) is 3.08. The maximum Gasteiger partial charge on any atom is 0.416 e. The Hall–Kier alpha value is -2.09. The van der Waals surface area contributed by atoms with Crippen LogP contribution in [0.5, 0.6) is 5.75 Å². The highest BCUT2D eigenvalue weighted by Crippen LogP contribution is 2.37. The molecule has 0 amide bonds. The molecule has 1 aliphatic rings. The van der Waals surface area contributed by atoms with Crippen molar-refractivity contribution in [1.29, 1.82) is 0 Å². The van der Waals surface area contributed by atoms with Gasteiger partial charge in [-0.2, -0.15) is 13.2 Å². The minimum Gasteiger partial charge on any atom is -0.497 e. The molecule has 0 heterocycles. The van der Waals surface area contributed by atoms with E-state index in [4.69, 9.17) is 4.74 Å². The lowest BCUT2D eigenvalue weighted by Gasteiger charge is -2.24. The summed E-state index contributed by atoms with van der Waals surface area (Å²) in [4.78, 5) is 0. The van der Waals surface area contributed by atoms with E-state index < -0.39 is 30.0 Å².